The second kappa shape index (κ2) is 8.37. The molecule has 0 unspecified atom stereocenters. The fourth-order valence-electron chi connectivity index (χ4n) is 3.54. The van der Waals surface area contributed by atoms with Gasteiger partial charge in [-0.15, -0.1) is 0 Å². The van der Waals surface area contributed by atoms with Gasteiger partial charge >= 0.3 is 0 Å². The van der Waals surface area contributed by atoms with Crippen molar-refractivity contribution in [1.82, 2.24) is 14.9 Å². The molecule has 1 aliphatic heterocycles. The van der Waals surface area contributed by atoms with Crippen LogP contribution < -0.4 is 10.2 Å². The molecule has 1 N–H and O–H groups in total. The Balaban J connectivity index is 1.84. The summed E-state index contributed by atoms with van der Waals surface area (Å²) < 4.78 is 0. The first-order valence-electron chi connectivity index (χ1n) is 9.75. The van der Waals surface area contributed by atoms with Crippen LogP contribution in [0, 0.1) is 6.92 Å². The lowest BCUT2D eigenvalue weighted by Crippen LogP contribution is -2.48. The molecule has 1 fully saturated rings. The first-order valence-corrected chi connectivity index (χ1v) is 9.75. The van der Waals surface area contributed by atoms with Gasteiger partial charge in [0.05, 0.1) is 0 Å². The average Bonchev–Trinajstić information content (AvgIpc) is 2.67. The van der Waals surface area contributed by atoms with Crippen molar-refractivity contribution in [2.24, 2.45) is 0 Å². The lowest BCUT2D eigenvalue weighted by atomic mass is 10.0. The van der Waals surface area contributed by atoms with Crippen molar-refractivity contribution in [1.29, 1.82) is 0 Å². The highest BCUT2D eigenvalue weighted by Gasteiger charge is 2.20. The number of benzene rings is 1. The van der Waals surface area contributed by atoms with Crippen LogP contribution in [0.1, 0.15) is 37.6 Å². The molecule has 1 aliphatic rings. The normalized spacial score (nSPS) is 14.4. The van der Waals surface area contributed by atoms with E-state index in [1.165, 1.54) is 11.1 Å². The van der Waals surface area contributed by atoms with Crippen LogP contribution in [-0.4, -0.2) is 47.0 Å². The second-order valence-corrected chi connectivity index (χ2v) is 6.97. The number of anilines is 3. The first-order chi connectivity index (χ1) is 13.0. The molecular formula is C21H29N5O. The van der Waals surface area contributed by atoms with Gasteiger partial charge in [-0.05, 0) is 30.9 Å². The van der Waals surface area contributed by atoms with E-state index in [4.69, 9.17) is 4.98 Å². The van der Waals surface area contributed by atoms with Crippen LogP contribution >= 0.6 is 0 Å². The van der Waals surface area contributed by atoms with E-state index < -0.39 is 0 Å². The predicted molar refractivity (Wildman–Crippen MR) is 110 cm³/mol. The Morgan fingerprint density at radius 2 is 1.70 bits per heavy atom. The molecule has 6 heteroatoms. The summed E-state index contributed by atoms with van der Waals surface area (Å²) in [6.45, 7) is 11.0. The summed E-state index contributed by atoms with van der Waals surface area (Å²) in [7, 11) is 0. The number of aromatic nitrogens is 2. The predicted octanol–water partition coefficient (Wildman–Crippen LogP) is 3.32. The largest absolute Gasteiger partial charge is 0.353 e. The number of amides is 1. The van der Waals surface area contributed by atoms with Crippen LogP contribution in [0.4, 0.5) is 17.5 Å². The molecule has 1 aromatic heterocycles. The molecule has 27 heavy (non-hydrogen) atoms. The first kappa shape index (κ1) is 19.1. The van der Waals surface area contributed by atoms with Crippen molar-refractivity contribution in [3.05, 3.63) is 41.1 Å². The minimum absolute atomic E-state index is 0.138. The van der Waals surface area contributed by atoms with Gasteiger partial charge in [0.1, 0.15) is 5.82 Å². The maximum absolute atomic E-state index is 11.5. The Morgan fingerprint density at radius 3 is 2.26 bits per heavy atom. The topological polar surface area (TPSA) is 61.4 Å². The summed E-state index contributed by atoms with van der Waals surface area (Å²) in [5, 5.41) is 3.48. The van der Waals surface area contributed by atoms with E-state index in [9.17, 15) is 4.79 Å². The molecule has 0 radical (unpaired) electrons. The highest BCUT2D eigenvalue weighted by molar-refractivity contribution is 5.73. The van der Waals surface area contributed by atoms with Crippen molar-refractivity contribution in [3.8, 4) is 0 Å². The van der Waals surface area contributed by atoms with Crippen molar-refractivity contribution in [3.63, 3.8) is 0 Å². The Morgan fingerprint density at radius 1 is 1.07 bits per heavy atom. The number of carbonyl (C=O) groups excluding carboxylic acids is 1. The zero-order valence-electron chi connectivity index (χ0n) is 16.7. The summed E-state index contributed by atoms with van der Waals surface area (Å²) in [5.41, 5.74) is 4.61. The minimum atomic E-state index is 0.138. The Labute approximate surface area is 161 Å². The van der Waals surface area contributed by atoms with Gasteiger partial charge in [-0.2, -0.15) is 4.98 Å². The average molecular weight is 367 g/mol. The van der Waals surface area contributed by atoms with E-state index in [1.807, 2.05) is 17.9 Å². The summed E-state index contributed by atoms with van der Waals surface area (Å²) in [4.78, 5) is 25.0. The Bertz CT molecular complexity index is 790. The molecule has 0 bridgehead atoms. The molecule has 6 nitrogen and oxygen atoms in total. The van der Waals surface area contributed by atoms with Crippen LogP contribution in [0.2, 0.25) is 0 Å². The molecule has 144 valence electrons. The lowest BCUT2D eigenvalue weighted by Gasteiger charge is -2.35. The van der Waals surface area contributed by atoms with Crippen molar-refractivity contribution in [2.45, 2.75) is 40.5 Å². The van der Waals surface area contributed by atoms with Gasteiger partial charge in [-0.25, -0.2) is 4.98 Å². The van der Waals surface area contributed by atoms with E-state index in [1.54, 1.807) is 6.92 Å². The number of nitrogens with one attached hydrogen (secondary N) is 1. The molecule has 0 saturated carbocycles. The maximum Gasteiger partial charge on any atom is 0.229 e. The van der Waals surface area contributed by atoms with Gasteiger partial charge in [-0.3, -0.25) is 4.79 Å². The van der Waals surface area contributed by atoms with E-state index in [0.717, 1.165) is 56.2 Å². The molecule has 1 saturated heterocycles. The van der Waals surface area contributed by atoms with Crippen LogP contribution in [0.5, 0.6) is 0 Å². The molecular weight excluding hydrogens is 338 g/mol. The standard InChI is InChI=1S/C21H29N5O/c1-5-17-8-7-9-18(6-2)20(17)24-21-22-15(3)14-19(23-21)26-12-10-25(11-13-26)16(4)27/h7-9,14H,5-6,10-13H2,1-4H3,(H,22,23,24). The number of rotatable bonds is 5. The number of hydrogen-bond acceptors (Lipinski definition) is 5. The molecule has 3 rings (SSSR count). The molecule has 1 amide bonds. The third kappa shape index (κ3) is 4.38. The second-order valence-electron chi connectivity index (χ2n) is 6.97. The minimum Gasteiger partial charge on any atom is -0.353 e. The summed E-state index contributed by atoms with van der Waals surface area (Å²) in [5.74, 6) is 1.69. The van der Waals surface area contributed by atoms with Gasteiger partial charge in [0.15, 0.2) is 0 Å². The number of aryl methyl sites for hydroxylation is 3. The van der Waals surface area contributed by atoms with Gasteiger partial charge in [-0.1, -0.05) is 32.0 Å². The van der Waals surface area contributed by atoms with Crippen molar-refractivity contribution < 1.29 is 4.79 Å². The van der Waals surface area contributed by atoms with Gasteiger partial charge in [0.2, 0.25) is 11.9 Å². The zero-order chi connectivity index (χ0) is 19.4. The number of carbonyl (C=O) groups is 1. The third-order valence-corrected chi connectivity index (χ3v) is 5.13. The van der Waals surface area contributed by atoms with Crippen molar-refractivity contribution >= 4 is 23.4 Å². The summed E-state index contributed by atoms with van der Waals surface area (Å²) in [6, 6.07) is 8.43. The van der Waals surface area contributed by atoms with E-state index in [0.29, 0.717) is 5.95 Å². The summed E-state index contributed by atoms with van der Waals surface area (Å²) in [6.07, 6.45) is 1.92. The molecule has 0 atom stereocenters. The van der Waals surface area contributed by atoms with E-state index >= 15 is 0 Å². The van der Waals surface area contributed by atoms with E-state index in [2.05, 4.69) is 47.2 Å². The van der Waals surface area contributed by atoms with Gasteiger partial charge in [0.25, 0.3) is 0 Å². The zero-order valence-corrected chi connectivity index (χ0v) is 16.7. The molecule has 2 heterocycles. The van der Waals surface area contributed by atoms with Gasteiger partial charge < -0.3 is 15.1 Å². The summed E-state index contributed by atoms with van der Waals surface area (Å²) >= 11 is 0. The van der Waals surface area contributed by atoms with E-state index in [-0.39, 0.29) is 5.91 Å². The van der Waals surface area contributed by atoms with Crippen molar-refractivity contribution in [2.75, 3.05) is 36.4 Å². The maximum atomic E-state index is 11.5. The number of piperazine rings is 1. The SMILES string of the molecule is CCc1cccc(CC)c1Nc1nc(C)cc(N2CCN(C(C)=O)CC2)n1. The Hall–Kier alpha value is -2.63. The fraction of sp³-hybridized carbons (Fsp3) is 0.476. The molecule has 2 aromatic rings. The molecule has 0 spiro atoms. The number of para-hydroxylation sites is 1. The number of nitrogens with zero attached hydrogens (tertiary/aromatic N) is 4. The molecule has 0 aliphatic carbocycles. The molecule has 1 aromatic carbocycles. The van der Waals surface area contributed by atoms with Crippen LogP contribution in [0.25, 0.3) is 0 Å². The highest BCUT2D eigenvalue weighted by atomic mass is 16.2. The van der Waals surface area contributed by atoms with Gasteiger partial charge in [0, 0.05) is 50.6 Å². The van der Waals surface area contributed by atoms with Crippen LogP contribution in [0.15, 0.2) is 24.3 Å². The third-order valence-electron chi connectivity index (χ3n) is 5.13. The lowest BCUT2D eigenvalue weighted by molar-refractivity contribution is -0.129. The fourth-order valence-corrected chi connectivity index (χ4v) is 3.54. The van der Waals surface area contributed by atoms with Crippen LogP contribution in [-0.2, 0) is 17.6 Å². The monoisotopic (exact) mass is 367 g/mol. The quantitative estimate of drug-likeness (QED) is 0.878. The van der Waals surface area contributed by atoms with Crippen LogP contribution in [0.3, 0.4) is 0 Å². The smallest absolute Gasteiger partial charge is 0.229 e. The number of hydrogen-bond donors (Lipinski definition) is 1. The Kier molecular flexibility index (Phi) is 5.94. The highest BCUT2D eigenvalue weighted by Crippen LogP contribution is 2.26.